The summed E-state index contributed by atoms with van der Waals surface area (Å²) in [6.45, 7) is 5.73. The Morgan fingerprint density at radius 3 is 2.21 bits per heavy atom. The number of nitrogens with zero attached hydrogens (tertiary/aromatic N) is 1. The summed E-state index contributed by atoms with van der Waals surface area (Å²) >= 11 is 0. The van der Waals surface area contributed by atoms with Crippen molar-refractivity contribution in [2.45, 2.75) is 90.5 Å². The molecule has 0 aromatic heterocycles. The minimum Gasteiger partial charge on any atom is -0.464 e. The largest absolute Gasteiger partial charge is 0.464 e. The van der Waals surface area contributed by atoms with Gasteiger partial charge in [0.15, 0.2) is 0 Å². The van der Waals surface area contributed by atoms with E-state index in [-0.39, 0.29) is 12.1 Å². The van der Waals surface area contributed by atoms with E-state index in [1.165, 1.54) is 37.0 Å². The van der Waals surface area contributed by atoms with Crippen LogP contribution in [0.1, 0.15) is 84.5 Å². The molecular formula is C19H35NO4. The molecule has 0 N–H and O–H groups in total. The number of hydrogen-bond acceptors (Lipinski definition) is 4. The second kappa shape index (κ2) is 13.1. The minimum absolute atomic E-state index is 0.272. The Labute approximate surface area is 147 Å². The summed E-state index contributed by atoms with van der Waals surface area (Å²) in [7, 11) is 0. The average molecular weight is 341 g/mol. The molecule has 0 spiro atoms. The summed E-state index contributed by atoms with van der Waals surface area (Å²) < 4.78 is 10.6. The van der Waals surface area contributed by atoms with Crippen LogP contribution < -0.4 is 0 Å². The Hall–Kier alpha value is -1.26. The van der Waals surface area contributed by atoms with Gasteiger partial charge in [-0.2, -0.15) is 0 Å². The summed E-state index contributed by atoms with van der Waals surface area (Å²) in [6, 6.07) is -0.455. The highest BCUT2D eigenvalue weighted by Crippen LogP contribution is 2.20. The van der Waals surface area contributed by atoms with Crippen LogP contribution >= 0.6 is 0 Å². The van der Waals surface area contributed by atoms with Gasteiger partial charge in [0, 0.05) is 6.54 Å². The monoisotopic (exact) mass is 341 g/mol. The molecule has 1 atom stereocenters. The zero-order chi connectivity index (χ0) is 17.6. The van der Waals surface area contributed by atoms with Crippen LogP contribution in [-0.2, 0) is 14.3 Å². The van der Waals surface area contributed by atoms with Gasteiger partial charge in [-0.1, -0.05) is 58.8 Å². The molecule has 1 saturated heterocycles. The van der Waals surface area contributed by atoms with E-state index in [0.29, 0.717) is 26.2 Å². The van der Waals surface area contributed by atoms with Crippen LogP contribution in [-0.4, -0.2) is 42.8 Å². The lowest BCUT2D eigenvalue weighted by molar-refractivity contribution is -0.148. The maximum Gasteiger partial charge on any atom is 0.410 e. The van der Waals surface area contributed by atoms with Gasteiger partial charge in [-0.25, -0.2) is 9.59 Å². The molecule has 0 aromatic rings. The molecule has 1 unspecified atom stereocenters. The molecule has 140 valence electrons. The second-order valence-corrected chi connectivity index (χ2v) is 6.61. The molecule has 5 heteroatoms. The third-order valence-corrected chi connectivity index (χ3v) is 4.48. The first kappa shape index (κ1) is 20.8. The molecule has 5 nitrogen and oxygen atoms in total. The fraction of sp³-hybridized carbons (Fsp3) is 0.895. The Morgan fingerprint density at radius 1 is 0.875 bits per heavy atom. The minimum atomic E-state index is -0.455. The van der Waals surface area contributed by atoms with Crippen molar-refractivity contribution in [2.24, 2.45) is 0 Å². The maximum atomic E-state index is 12.2. The highest BCUT2D eigenvalue weighted by Gasteiger charge is 2.36. The number of esters is 1. The van der Waals surface area contributed by atoms with Gasteiger partial charge in [-0.15, -0.1) is 0 Å². The van der Waals surface area contributed by atoms with Crippen LogP contribution in [0.15, 0.2) is 0 Å². The molecule has 0 aliphatic carbocycles. The standard InChI is InChI=1S/C19H35NO4/c1-3-5-7-8-9-10-11-16-23-18(21)17-13-12-14-20(17)19(22)24-15-6-4-2/h17H,3-16H2,1-2H3. The van der Waals surface area contributed by atoms with Gasteiger partial charge in [0.25, 0.3) is 0 Å². The first-order chi connectivity index (χ1) is 11.7. The lowest BCUT2D eigenvalue weighted by Crippen LogP contribution is -2.41. The smallest absolute Gasteiger partial charge is 0.410 e. The molecule has 1 rings (SSSR count). The van der Waals surface area contributed by atoms with E-state index in [1.54, 1.807) is 0 Å². The van der Waals surface area contributed by atoms with Gasteiger partial charge >= 0.3 is 12.1 Å². The highest BCUT2D eigenvalue weighted by molar-refractivity contribution is 5.82. The molecule has 1 aliphatic heterocycles. The van der Waals surface area contributed by atoms with E-state index in [9.17, 15) is 9.59 Å². The number of likely N-dealkylation sites (tertiary alicyclic amines) is 1. The molecule has 0 saturated carbocycles. The SMILES string of the molecule is CCCCCCCCCOC(=O)C1CCCN1C(=O)OCCCC. The predicted molar refractivity (Wildman–Crippen MR) is 94.9 cm³/mol. The van der Waals surface area contributed by atoms with Crippen LogP contribution in [0.5, 0.6) is 0 Å². The number of carbonyl (C=O) groups excluding carboxylic acids is 2. The molecule has 1 fully saturated rings. The summed E-state index contributed by atoms with van der Waals surface area (Å²) in [6.07, 6.45) is 11.3. The van der Waals surface area contributed by atoms with Crippen molar-refractivity contribution in [1.82, 2.24) is 4.90 Å². The second-order valence-electron chi connectivity index (χ2n) is 6.61. The molecule has 0 aromatic carbocycles. The van der Waals surface area contributed by atoms with Gasteiger partial charge in [0.1, 0.15) is 6.04 Å². The van der Waals surface area contributed by atoms with Gasteiger partial charge in [0.05, 0.1) is 13.2 Å². The summed E-state index contributed by atoms with van der Waals surface area (Å²) in [5.74, 6) is -0.272. The number of unbranched alkanes of at least 4 members (excludes halogenated alkanes) is 7. The third-order valence-electron chi connectivity index (χ3n) is 4.48. The molecule has 0 radical (unpaired) electrons. The van der Waals surface area contributed by atoms with E-state index in [1.807, 2.05) is 6.92 Å². The number of ether oxygens (including phenoxy) is 2. The lowest BCUT2D eigenvalue weighted by atomic mass is 10.1. The Bertz CT molecular complexity index is 359. The molecule has 1 aliphatic rings. The van der Waals surface area contributed by atoms with E-state index in [2.05, 4.69) is 6.92 Å². The van der Waals surface area contributed by atoms with Gasteiger partial charge in [-0.05, 0) is 25.7 Å². The van der Waals surface area contributed by atoms with Crippen molar-refractivity contribution < 1.29 is 19.1 Å². The van der Waals surface area contributed by atoms with E-state index in [4.69, 9.17) is 9.47 Å². The van der Waals surface area contributed by atoms with Crippen molar-refractivity contribution in [1.29, 1.82) is 0 Å². The first-order valence-corrected chi connectivity index (χ1v) is 9.80. The van der Waals surface area contributed by atoms with Crippen LogP contribution in [0, 0.1) is 0 Å². The van der Waals surface area contributed by atoms with Gasteiger partial charge in [0.2, 0.25) is 0 Å². The number of hydrogen-bond donors (Lipinski definition) is 0. The summed E-state index contributed by atoms with van der Waals surface area (Å²) in [5.41, 5.74) is 0. The Balaban J connectivity index is 2.17. The molecule has 1 amide bonds. The van der Waals surface area contributed by atoms with Gasteiger partial charge in [-0.3, -0.25) is 4.90 Å². The fourth-order valence-corrected chi connectivity index (χ4v) is 2.95. The molecule has 1 heterocycles. The average Bonchev–Trinajstić information content (AvgIpc) is 3.07. The first-order valence-electron chi connectivity index (χ1n) is 9.80. The van der Waals surface area contributed by atoms with Crippen molar-refractivity contribution in [3.8, 4) is 0 Å². The molecule has 24 heavy (non-hydrogen) atoms. The predicted octanol–water partition coefficient (Wildman–Crippen LogP) is 4.68. The van der Waals surface area contributed by atoms with Gasteiger partial charge < -0.3 is 9.47 Å². The maximum absolute atomic E-state index is 12.2. The quantitative estimate of drug-likeness (QED) is 0.382. The highest BCUT2D eigenvalue weighted by atomic mass is 16.6. The van der Waals surface area contributed by atoms with Crippen LogP contribution in [0.2, 0.25) is 0 Å². The zero-order valence-electron chi connectivity index (χ0n) is 15.6. The Kier molecular flexibility index (Phi) is 11.3. The third kappa shape index (κ3) is 8.02. The fourth-order valence-electron chi connectivity index (χ4n) is 2.95. The number of carbonyl (C=O) groups is 2. The lowest BCUT2D eigenvalue weighted by Gasteiger charge is -2.22. The van der Waals surface area contributed by atoms with E-state index < -0.39 is 6.04 Å². The molecule has 0 bridgehead atoms. The van der Waals surface area contributed by atoms with Crippen LogP contribution in [0.3, 0.4) is 0 Å². The van der Waals surface area contributed by atoms with E-state index in [0.717, 1.165) is 32.1 Å². The Morgan fingerprint density at radius 2 is 1.50 bits per heavy atom. The molecular weight excluding hydrogens is 306 g/mol. The normalized spacial score (nSPS) is 17.1. The topological polar surface area (TPSA) is 55.8 Å². The van der Waals surface area contributed by atoms with Crippen molar-refractivity contribution in [2.75, 3.05) is 19.8 Å². The van der Waals surface area contributed by atoms with Crippen LogP contribution in [0.4, 0.5) is 4.79 Å². The summed E-state index contributed by atoms with van der Waals surface area (Å²) in [5, 5.41) is 0. The van der Waals surface area contributed by atoms with Crippen molar-refractivity contribution in [3.63, 3.8) is 0 Å². The number of rotatable bonds is 12. The van der Waals surface area contributed by atoms with Crippen molar-refractivity contribution >= 4 is 12.1 Å². The van der Waals surface area contributed by atoms with E-state index >= 15 is 0 Å². The number of amides is 1. The van der Waals surface area contributed by atoms with Crippen molar-refractivity contribution in [3.05, 3.63) is 0 Å². The van der Waals surface area contributed by atoms with Crippen LogP contribution in [0.25, 0.3) is 0 Å². The zero-order valence-corrected chi connectivity index (χ0v) is 15.6. The summed E-state index contributed by atoms with van der Waals surface area (Å²) in [4.78, 5) is 25.8.